The van der Waals surface area contributed by atoms with Crippen LogP contribution in [0.1, 0.15) is 0 Å². The van der Waals surface area contributed by atoms with Gasteiger partial charge in [-0.3, -0.25) is 14.3 Å². The van der Waals surface area contributed by atoms with Crippen molar-refractivity contribution in [3.63, 3.8) is 0 Å². The molecule has 3 N–H and O–H groups in total. The van der Waals surface area contributed by atoms with Crippen molar-refractivity contribution in [2.75, 3.05) is 5.32 Å². The van der Waals surface area contributed by atoms with Gasteiger partial charge in [-0.15, -0.1) is 0 Å². The molecule has 2 aromatic heterocycles. The Labute approximate surface area is 115 Å². The average molecular weight is 347 g/mol. The Morgan fingerprint density at radius 3 is 2.53 bits per heavy atom. The SMILES string of the molecule is O=c1[nH]c(Nc2ccc(S(=O)(=O)O)nc2)ncc1Br. The summed E-state index contributed by atoms with van der Waals surface area (Å²) in [5.41, 5.74) is 0.0397. The summed E-state index contributed by atoms with van der Waals surface area (Å²) in [6.07, 6.45) is 2.51. The Morgan fingerprint density at radius 1 is 1.26 bits per heavy atom. The van der Waals surface area contributed by atoms with E-state index in [2.05, 4.69) is 36.2 Å². The third-order valence-corrected chi connectivity index (χ3v) is 3.35. The number of aromatic amines is 1. The van der Waals surface area contributed by atoms with Gasteiger partial charge >= 0.3 is 10.1 Å². The standard InChI is InChI=1S/C9H7BrN4O4S/c10-6-4-12-9(14-8(6)15)13-5-1-2-7(11-3-5)19(16,17)18/h1-4H,(H,16,17,18)(H2,12,13,14,15). The summed E-state index contributed by atoms with van der Waals surface area (Å²) in [6, 6.07) is 2.49. The number of nitrogens with zero attached hydrogens (tertiary/aromatic N) is 2. The van der Waals surface area contributed by atoms with Crippen molar-refractivity contribution < 1.29 is 13.0 Å². The van der Waals surface area contributed by atoms with Gasteiger partial charge in [-0.1, -0.05) is 0 Å². The van der Waals surface area contributed by atoms with Gasteiger partial charge in [0.05, 0.1) is 18.1 Å². The molecule has 0 unspecified atom stereocenters. The van der Waals surface area contributed by atoms with Gasteiger partial charge in [0.1, 0.15) is 4.47 Å². The minimum atomic E-state index is -4.32. The largest absolute Gasteiger partial charge is 0.324 e. The molecule has 0 amide bonds. The molecule has 0 radical (unpaired) electrons. The first kappa shape index (κ1) is 13.6. The average Bonchev–Trinajstić information content (AvgIpc) is 2.33. The summed E-state index contributed by atoms with van der Waals surface area (Å²) in [5.74, 6) is 0.176. The molecule has 2 aromatic rings. The predicted octanol–water partition coefficient (Wildman–Crippen LogP) is 0.918. The van der Waals surface area contributed by atoms with Crippen LogP contribution in [0.15, 0.2) is 38.8 Å². The molecule has 0 saturated heterocycles. The van der Waals surface area contributed by atoms with Crippen molar-refractivity contribution in [1.29, 1.82) is 0 Å². The van der Waals surface area contributed by atoms with E-state index in [1.807, 2.05) is 0 Å². The third kappa shape index (κ3) is 3.36. The number of hydrogen-bond donors (Lipinski definition) is 3. The highest BCUT2D eigenvalue weighted by molar-refractivity contribution is 9.10. The highest BCUT2D eigenvalue weighted by atomic mass is 79.9. The summed E-state index contributed by atoms with van der Waals surface area (Å²) >= 11 is 3.01. The molecule has 0 aliphatic rings. The van der Waals surface area contributed by atoms with E-state index in [-0.39, 0.29) is 16.0 Å². The molecule has 0 aromatic carbocycles. The lowest BCUT2D eigenvalue weighted by Crippen LogP contribution is -2.11. The maximum atomic E-state index is 11.3. The summed E-state index contributed by atoms with van der Waals surface area (Å²) in [7, 11) is -4.32. The molecule has 0 aliphatic carbocycles. The van der Waals surface area contributed by atoms with Gasteiger partial charge in [-0.25, -0.2) is 9.97 Å². The number of rotatable bonds is 3. The monoisotopic (exact) mass is 346 g/mol. The number of halogens is 1. The van der Waals surface area contributed by atoms with Crippen molar-refractivity contribution in [3.05, 3.63) is 39.4 Å². The fourth-order valence-electron chi connectivity index (χ4n) is 1.19. The van der Waals surface area contributed by atoms with Crippen LogP contribution in [0.2, 0.25) is 0 Å². The Morgan fingerprint density at radius 2 is 2.00 bits per heavy atom. The van der Waals surface area contributed by atoms with Crippen LogP contribution in [0.3, 0.4) is 0 Å². The summed E-state index contributed by atoms with van der Waals surface area (Å²) < 4.78 is 30.6. The van der Waals surface area contributed by atoms with Gasteiger partial charge in [0, 0.05) is 0 Å². The first-order chi connectivity index (χ1) is 8.86. The van der Waals surface area contributed by atoms with Gasteiger partial charge in [0.2, 0.25) is 5.95 Å². The second-order valence-corrected chi connectivity index (χ2v) is 5.62. The van der Waals surface area contributed by atoms with Gasteiger partial charge in [-0.05, 0) is 28.1 Å². The van der Waals surface area contributed by atoms with Gasteiger partial charge in [0.25, 0.3) is 5.56 Å². The molecule has 10 heteroatoms. The fourth-order valence-corrected chi connectivity index (χ4v) is 1.81. The lowest BCUT2D eigenvalue weighted by atomic mass is 10.4. The second kappa shape index (κ2) is 5.07. The lowest BCUT2D eigenvalue weighted by molar-refractivity contribution is 0.479. The Kier molecular flexibility index (Phi) is 3.64. The van der Waals surface area contributed by atoms with Crippen LogP contribution in [0, 0.1) is 0 Å². The van der Waals surface area contributed by atoms with E-state index in [0.29, 0.717) is 5.69 Å². The zero-order valence-corrected chi connectivity index (χ0v) is 11.6. The van der Waals surface area contributed by atoms with Crippen LogP contribution in [0.25, 0.3) is 0 Å². The number of hydrogen-bond acceptors (Lipinski definition) is 6. The molecule has 19 heavy (non-hydrogen) atoms. The van der Waals surface area contributed by atoms with Crippen molar-refractivity contribution in [2.45, 2.75) is 5.03 Å². The maximum Gasteiger partial charge on any atom is 0.312 e. The molecular formula is C9H7BrN4O4S. The first-order valence-electron chi connectivity index (χ1n) is 4.81. The summed E-state index contributed by atoms with van der Waals surface area (Å²) in [5, 5.41) is 2.26. The minimum Gasteiger partial charge on any atom is -0.324 e. The van der Waals surface area contributed by atoms with E-state index in [9.17, 15) is 13.2 Å². The van der Waals surface area contributed by atoms with Crippen molar-refractivity contribution in [1.82, 2.24) is 15.0 Å². The lowest BCUT2D eigenvalue weighted by Gasteiger charge is -2.04. The van der Waals surface area contributed by atoms with E-state index in [0.717, 1.165) is 6.07 Å². The molecule has 0 saturated carbocycles. The van der Waals surface area contributed by atoms with E-state index in [1.165, 1.54) is 18.5 Å². The maximum absolute atomic E-state index is 11.3. The zero-order chi connectivity index (χ0) is 14.0. The molecule has 8 nitrogen and oxygen atoms in total. The van der Waals surface area contributed by atoms with Crippen LogP contribution in [-0.4, -0.2) is 27.9 Å². The van der Waals surface area contributed by atoms with Crippen LogP contribution >= 0.6 is 15.9 Å². The van der Waals surface area contributed by atoms with Crippen LogP contribution in [-0.2, 0) is 10.1 Å². The van der Waals surface area contributed by atoms with Crippen molar-refractivity contribution in [3.8, 4) is 0 Å². The van der Waals surface area contributed by atoms with E-state index in [1.54, 1.807) is 0 Å². The Bertz CT molecular complexity index is 757. The topological polar surface area (TPSA) is 125 Å². The predicted molar refractivity (Wildman–Crippen MR) is 69.9 cm³/mol. The molecule has 2 rings (SSSR count). The Hall–Kier alpha value is -1.78. The molecule has 2 heterocycles. The number of H-pyrrole nitrogens is 1. The molecule has 0 spiro atoms. The first-order valence-corrected chi connectivity index (χ1v) is 7.05. The molecule has 0 bridgehead atoms. The number of pyridine rings is 1. The third-order valence-electron chi connectivity index (χ3n) is 2.02. The molecule has 100 valence electrons. The van der Waals surface area contributed by atoms with E-state index in [4.69, 9.17) is 4.55 Å². The number of aromatic nitrogens is 3. The van der Waals surface area contributed by atoms with Crippen LogP contribution < -0.4 is 10.9 Å². The number of nitrogens with one attached hydrogen (secondary N) is 2. The molecule has 0 atom stereocenters. The molecule has 0 aliphatic heterocycles. The summed E-state index contributed by atoms with van der Waals surface area (Å²) in [6.45, 7) is 0. The zero-order valence-electron chi connectivity index (χ0n) is 9.16. The van der Waals surface area contributed by atoms with Gasteiger partial charge in [-0.2, -0.15) is 8.42 Å². The van der Waals surface area contributed by atoms with Crippen molar-refractivity contribution >= 4 is 37.7 Å². The normalized spacial score (nSPS) is 11.3. The van der Waals surface area contributed by atoms with Crippen LogP contribution in [0.4, 0.5) is 11.6 Å². The molecular weight excluding hydrogens is 340 g/mol. The highest BCUT2D eigenvalue weighted by Crippen LogP contribution is 2.13. The quantitative estimate of drug-likeness (QED) is 0.705. The second-order valence-electron chi connectivity index (χ2n) is 3.39. The van der Waals surface area contributed by atoms with E-state index < -0.39 is 15.1 Å². The fraction of sp³-hybridized carbons (Fsp3) is 0. The summed E-state index contributed by atoms with van der Waals surface area (Å²) in [4.78, 5) is 21.2. The Balaban J connectivity index is 2.24. The van der Waals surface area contributed by atoms with Crippen LogP contribution in [0.5, 0.6) is 0 Å². The van der Waals surface area contributed by atoms with E-state index >= 15 is 0 Å². The smallest absolute Gasteiger partial charge is 0.312 e. The van der Waals surface area contributed by atoms with Crippen molar-refractivity contribution in [2.24, 2.45) is 0 Å². The minimum absolute atomic E-state index is 0.176. The molecule has 0 fully saturated rings. The van der Waals surface area contributed by atoms with Gasteiger partial charge < -0.3 is 5.32 Å². The van der Waals surface area contributed by atoms with Gasteiger partial charge in [0.15, 0.2) is 5.03 Å². The number of anilines is 2. The highest BCUT2D eigenvalue weighted by Gasteiger charge is 2.10.